The molecule has 0 aliphatic heterocycles. The quantitative estimate of drug-likeness (QED) is 0.659. The van der Waals surface area contributed by atoms with Gasteiger partial charge >= 0.3 is 0 Å². The lowest BCUT2D eigenvalue weighted by Gasteiger charge is -2.17. The van der Waals surface area contributed by atoms with Crippen LogP contribution in [0.15, 0.2) is 0 Å². The number of carbonyl (C=O) groups excluding carboxylic acids is 1. The van der Waals surface area contributed by atoms with Crippen LogP contribution in [0.25, 0.3) is 0 Å². The number of rotatable bonds is 2. The minimum atomic E-state index is 0.206. The van der Waals surface area contributed by atoms with Gasteiger partial charge in [0.1, 0.15) is 0 Å². The summed E-state index contributed by atoms with van der Waals surface area (Å²) in [6.07, 6.45) is 4.03. The number of hydrogen-bond acceptors (Lipinski definition) is 2. The van der Waals surface area contributed by atoms with Gasteiger partial charge in [0.15, 0.2) is 0 Å². The molecule has 1 saturated carbocycles. The van der Waals surface area contributed by atoms with Crippen LogP contribution < -0.4 is 5.73 Å². The number of nitrogens with two attached hydrogens (primary N) is 1. The van der Waals surface area contributed by atoms with Crippen molar-refractivity contribution in [1.29, 1.82) is 0 Å². The first-order chi connectivity index (χ1) is 5.61. The van der Waals surface area contributed by atoms with Crippen molar-refractivity contribution in [2.24, 2.45) is 11.7 Å². The summed E-state index contributed by atoms with van der Waals surface area (Å²) in [6.45, 7) is 0. The van der Waals surface area contributed by atoms with E-state index in [1.54, 1.807) is 19.0 Å². The Morgan fingerprint density at radius 1 is 1.50 bits per heavy atom. The van der Waals surface area contributed by atoms with E-state index in [9.17, 15) is 4.79 Å². The van der Waals surface area contributed by atoms with Crippen molar-refractivity contribution in [3.05, 3.63) is 0 Å². The van der Waals surface area contributed by atoms with E-state index in [4.69, 9.17) is 5.73 Å². The maximum atomic E-state index is 11.3. The van der Waals surface area contributed by atoms with Crippen molar-refractivity contribution < 1.29 is 4.79 Å². The topological polar surface area (TPSA) is 46.3 Å². The summed E-state index contributed by atoms with van der Waals surface area (Å²) in [5, 5.41) is 0. The second kappa shape index (κ2) is 3.90. The molecule has 0 bridgehead atoms. The molecule has 3 nitrogen and oxygen atoms in total. The summed E-state index contributed by atoms with van der Waals surface area (Å²) in [5.74, 6) is 0.636. The van der Waals surface area contributed by atoms with Crippen LogP contribution in [0.4, 0.5) is 0 Å². The minimum Gasteiger partial charge on any atom is -0.349 e. The van der Waals surface area contributed by atoms with E-state index < -0.39 is 0 Å². The van der Waals surface area contributed by atoms with Gasteiger partial charge < -0.3 is 10.6 Å². The maximum absolute atomic E-state index is 11.3. The molecule has 0 radical (unpaired) electrons. The highest BCUT2D eigenvalue weighted by molar-refractivity contribution is 5.75. The number of hydrogen-bond donors (Lipinski definition) is 1. The molecule has 1 rings (SSSR count). The maximum Gasteiger partial charge on any atom is 0.222 e. The van der Waals surface area contributed by atoms with Crippen LogP contribution >= 0.6 is 0 Å². The third kappa shape index (κ3) is 2.21. The van der Waals surface area contributed by atoms with E-state index >= 15 is 0 Å². The Morgan fingerprint density at radius 3 is 2.58 bits per heavy atom. The van der Waals surface area contributed by atoms with Gasteiger partial charge in [-0.1, -0.05) is 6.42 Å². The van der Waals surface area contributed by atoms with Gasteiger partial charge in [0.05, 0.1) is 0 Å². The van der Waals surface area contributed by atoms with Crippen molar-refractivity contribution in [2.45, 2.75) is 31.7 Å². The summed E-state index contributed by atoms with van der Waals surface area (Å²) >= 11 is 0. The van der Waals surface area contributed by atoms with Crippen molar-refractivity contribution in [2.75, 3.05) is 14.1 Å². The monoisotopic (exact) mass is 170 g/mol. The molecule has 2 N–H and O–H groups in total. The molecule has 1 amide bonds. The van der Waals surface area contributed by atoms with Crippen LogP contribution in [-0.4, -0.2) is 30.9 Å². The van der Waals surface area contributed by atoms with E-state index in [0.717, 1.165) is 12.8 Å². The van der Waals surface area contributed by atoms with Crippen LogP contribution in [0.3, 0.4) is 0 Å². The zero-order valence-electron chi connectivity index (χ0n) is 7.92. The highest BCUT2D eigenvalue weighted by atomic mass is 16.2. The van der Waals surface area contributed by atoms with Crippen LogP contribution in [0.5, 0.6) is 0 Å². The second-order valence-electron chi connectivity index (χ2n) is 3.85. The molecule has 0 aromatic carbocycles. The number of carbonyl (C=O) groups is 1. The molecular weight excluding hydrogens is 152 g/mol. The average molecular weight is 170 g/mol. The van der Waals surface area contributed by atoms with E-state index in [1.807, 2.05) is 0 Å². The predicted octanol–water partition coefficient (Wildman–Crippen LogP) is 0.592. The van der Waals surface area contributed by atoms with Gasteiger partial charge in [-0.05, 0) is 18.8 Å². The van der Waals surface area contributed by atoms with Crippen LogP contribution in [0.1, 0.15) is 25.7 Å². The molecule has 2 atom stereocenters. The highest BCUT2D eigenvalue weighted by Gasteiger charge is 2.26. The molecule has 12 heavy (non-hydrogen) atoms. The molecule has 1 aliphatic carbocycles. The zero-order valence-corrected chi connectivity index (χ0v) is 7.92. The Bertz CT molecular complexity index is 168. The van der Waals surface area contributed by atoms with Gasteiger partial charge in [0.25, 0.3) is 0 Å². The van der Waals surface area contributed by atoms with Crippen molar-refractivity contribution in [1.82, 2.24) is 4.90 Å². The second-order valence-corrected chi connectivity index (χ2v) is 3.85. The fourth-order valence-corrected chi connectivity index (χ4v) is 1.73. The standard InChI is InChI=1S/C9H18N2O/c1-11(2)9(12)6-7-4-3-5-8(7)10/h7-8H,3-6,10H2,1-2H3/t7-,8+/m0/s1. The summed E-state index contributed by atoms with van der Waals surface area (Å²) in [5.41, 5.74) is 5.86. The molecule has 0 unspecified atom stereocenters. The summed E-state index contributed by atoms with van der Waals surface area (Å²) in [6, 6.07) is 0.258. The van der Waals surface area contributed by atoms with E-state index in [0.29, 0.717) is 12.3 Å². The lowest BCUT2D eigenvalue weighted by atomic mass is 10.00. The SMILES string of the molecule is CN(C)C(=O)C[C@@H]1CCC[C@H]1N. The number of amides is 1. The molecule has 1 fully saturated rings. The molecule has 0 aromatic heterocycles. The third-order valence-corrected chi connectivity index (χ3v) is 2.65. The van der Waals surface area contributed by atoms with Crippen molar-refractivity contribution >= 4 is 5.91 Å². The molecule has 0 heterocycles. The van der Waals surface area contributed by atoms with Crippen molar-refractivity contribution in [3.63, 3.8) is 0 Å². The molecular formula is C9H18N2O. The fourth-order valence-electron chi connectivity index (χ4n) is 1.73. The molecule has 1 aliphatic rings. The Hall–Kier alpha value is -0.570. The lowest BCUT2D eigenvalue weighted by molar-refractivity contribution is -0.129. The van der Waals surface area contributed by atoms with Gasteiger partial charge in [-0.3, -0.25) is 4.79 Å². The van der Waals surface area contributed by atoms with E-state index in [-0.39, 0.29) is 11.9 Å². The normalized spacial score (nSPS) is 28.9. The first kappa shape index (κ1) is 9.52. The van der Waals surface area contributed by atoms with Gasteiger partial charge in [0.2, 0.25) is 5.91 Å². The van der Waals surface area contributed by atoms with E-state index in [1.165, 1.54) is 6.42 Å². The highest BCUT2D eigenvalue weighted by Crippen LogP contribution is 2.26. The fraction of sp³-hybridized carbons (Fsp3) is 0.889. The minimum absolute atomic E-state index is 0.206. The Morgan fingerprint density at radius 2 is 2.17 bits per heavy atom. The smallest absolute Gasteiger partial charge is 0.222 e. The Kier molecular flexibility index (Phi) is 3.09. The van der Waals surface area contributed by atoms with Gasteiger partial charge in [0, 0.05) is 26.6 Å². The first-order valence-corrected chi connectivity index (χ1v) is 4.57. The zero-order chi connectivity index (χ0) is 9.14. The van der Waals surface area contributed by atoms with Crippen molar-refractivity contribution in [3.8, 4) is 0 Å². The average Bonchev–Trinajstić information content (AvgIpc) is 2.36. The van der Waals surface area contributed by atoms with Gasteiger partial charge in [-0.25, -0.2) is 0 Å². The first-order valence-electron chi connectivity index (χ1n) is 4.57. The van der Waals surface area contributed by atoms with Gasteiger partial charge in [-0.2, -0.15) is 0 Å². The van der Waals surface area contributed by atoms with Gasteiger partial charge in [-0.15, -0.1) is 0 Å². The Balaban J connectivity index is 2.35. The summed E-state index contributed by atoms with van der Waals surface area (Å²) in [7, 11) is 3.59. The van der Waals surface area contributed by atoms with Crippen LogP contribution in [0.2, 0.25) is 0 Å². The number of nitrogens with zero attached hydrogens (tertiary/aromatic N) is 1. The van der Waals surface area contributed by atoms with E-state index in [2.05, 4.69) is 0 Å². The van der Waals surface area contributed by atoms with Crippen LogP contribution in [0, 0.1) is 5.92 Å². The predicted molar refractivity (Wildman–Crippen MR) is 48.6 cm³/mol. The molecule has 0 aromatic rings. The Labute approximate surface area is 73.9 Å². The molecule has 0 spiro atoms. The largest absolute Gasteiger partial charge is 0.349 e. The third-order valence-electron chi connectivity index (χ3n) is 2.65. The summed E-state index contributed by atoms with van der Waals surface area (Å²) < 4.78 is 0. The molecule has 0 saturated heterocycles. The summed E-state index contributed by atoms with van der Waals surface area (Å²) in [4.78, 5) is 13.0. The molecule has 70 valence electrons. The lowest BCUT2D eigenvalue weighted by Crippen LogP contribution is -2.30. The molecule has 3 heteroatoms. The van der Waals surface area contributed by atoms with Crippen LogP contribution in [-0.2, 0) is 4.79 Å².